The van der Waals surface area contributed by atoms with Crippen molar-refractivity contribution in [1.82, 2.24) is 19.5 Å². The Bertz CT molecular complexity index is 3900. The largest absolute Gasteiger partial charge is 0.456 e. The third kappa shape index (κ3) is 5.76. The highest BCUT2D eigenvalue weighted by Gasteiger charge is 2.20. The van der Waals surface area contributed by atoms with Gasteiger partial charge in [0.25, 0.3) is 0 Å². The minimum atomic E-state index is 0.565. The Morgan fingerprint density at radius 3 is 1.59 bits per heavy atom. The van der Waals surface area contributed by atoms with Crippen LogP contribution in [0.3, 0.4) is 0 Å². The van der Waals surface area contributed by atoms with Crippen LogP contribution in [0.25, 0.3) is 128 Å². The van der Waals surface area contributed by atoms with E-state index in [0.717, 1.165) is 88.4 Å². The van der Waals surface area contributed by atoms with E-state index in [1.54, 1.807) is 0 Å². The zero-order chi connectivity index (χ0) is 41.4. The predicted octanol–water partition coefficient (Wildman–Crippen LogP) is 15.1. The van der Waals surface area contributed by atoms with Gasteiger partial charge in [0.15, 0.2) is 17.5 Å². The van der Waals surface area contributed by atoms with Gasteiger partial charge in [-0.25, -0.2) is 15.0 Å². The van der Waals surface area contributed by atoms with Gasteiger partial charge < -0.3 is 13.4 Å². The molecule has 0 amide bonds. The number of furan rings is 2. The fourth-order valence-corrected chi connectivity index (χ4v) is 9.26. The molecule has 4 aromatic heterocycles. The molecule has 0 aliphatic carbocycles. The molecule has 0 unspecified atom stereocenters. The molecule has 0 saturated carbocycles. The van der Waals surface area contributed by atoms with Gasteiger partial charge in [0.1, 0.15) is 22.3 Å². The van der Waals surface area contributed by atoms with Gasteiger partial charge in [-0.05, 0) is 89.5 Å². The molecule has 0 aliphatic heterocycles. The van der Waals surface area contributed by atoms with Crippen LogP contribution in [0.5, 0.6) is 0 Å². The molecule has 0 bridgehead atoms. The molecule has 13 aromatic rings. The van der Waals surface area contributed by atoms with E-state index in [1.165, 1.54) is 21.9 Å². The number of fused-ring (bicyclic) bond motifs is 9. The molecule has 0 saturated heterocycles. The Hall–Kier alpha value is -8.61. The average molecular weight is 807 g/mol. The lowest BCUT2D eigenvalue weighted by molar-refractivity contribution is 0.668. The van der Waals surface area contributed by atoms with Crippen LogP contribution in [0.1, 0.15) is 0 Å². The first-order chi connectivity index (χ1) is 31.2. The summed E-state index contributed by atoms with van der Waals surface area (Å²) in [4.78, 5) is 15.1. The van der Waals surface area contributed by atoms with Gasteiger partial charge in [-0.15, -0.1) is 0 Å². The van der Waals surface area contributed by atoms with E-state index in [1.807, 2.05) is 66.7 Å². The summed E-state index contributed by atoms with van der Waals surface area (Å²) in [6.07, 6.45) is 0. The first-order valence-corrected chi connectivity index (χ1v) is 21.1. The van der Waals surface area contributed by atoms with E-state index < -0.39 is 0 Å². The van der Waals surface area contributed by atoms with Crippen molar-refractivity contribution in [2.24, 2.45) is 0 Å². The molecule has 0 N–H and O–H groups in total. The molecule has 6 nitrogen and oxygen atoms in total. The van der Waals surface area contributed by atoms with Gasteiger partial charge in [-0.1, -0.05) is 133 Å². The highest BCUT2D eigenvalue weighted by Crippen LogP contribution is 2.42. The maximum atomic E-state index is 6.75. The van der Waals surface area contributed by atoms with Crippen molar-refractivity contribution < 1.29 is 8.83 Å². The van der Waals surface area contributed by atoms with Crippen molar-refractivity contribution in [3.05, 3.63) is 206 Å². The second-order valence-electron chi connectivity index (χ2n) is 16.0. The summed E-state index contributed by atoms with van der Waals surface area (Å²) in [5, 5.41) is 6.55. The van der Waals surface area contributed by atoms with Crippen LogP contribution in [0.4, 0.5) is 0 Å². The van der Waals surface area contributed by atoms with Crippen LogP contribution >= 0.6 is 0 Å². The van der Waals surface area contributed by atoms with E-state index in [-0.39, 0.29) is 0 Å². The minimum Gasteiger partial charge on any atom is -0.456 e. The fraction of sp³-hybridized carbons (Fsp3) is 0. The fourth-order valence-electron chi connectivity index (χ4n) is 9.26. The summed E-state index contributed by atoms with van der Waals surface area (Å²) in [5.41, 5.74) is 13.9. The predicted molar refractivity (Wildman–Crippen MR) is 256 cm³/mol. The molecule has 6 heteroatoms. The van der Waals surface area contributed by atoms with Gasteiger partial charge in [0, 0.05) is 60.3 Å². The highest BCUT2D eigenvalue weighted by atomic mass is 16.3. The van der Waals surface area contributed by atoms with E-state index in [9.17, 15) is 0 Å². The smallest absolute Gasteiger partial charge is 0.164 e. The number of nitrogens with zero attached hydrogens (tertiary/aromatic N) is 4. The number of para-hydroxylation sites is 3. The molecule has 294 valence electrons. The highest BCUT2D eigenvalue weighted by molar-refractivity contribution is 6.15. The molecular formula is C57H34N4O2. The number of aromatic nitrogens is 4. The number of benzene rings is 9. The molecule has 4 heterocycles. The number of rotatable bonds is 6. The molecule has 9 aromatic carbocycles. The van der Waals surface area contributed by atoms with Crippen LogP contribution in [0, 0.1) is 0 Å². The first-order valence-electron chi connectivity index (χ1n) is 21.1. The zero-order valence-corrected chi connectivity index (χ0v) is 33.7. The van der Waals surface area contributed by atoms with Gasteiger partial charge in [0.2, 0.25) is 0 Å². The molecule has 0 aliphatic rings. The van der Waals surface area contributed by atoms with Gasteiger partial charge in [-0.3, -0.25) is 0 Å². The summed E-state index contributed by atoms with van der Waals surface area (Å²) in [7, 11) is 0. The van der Waals surface area contributed by atoms with E-state index in [4.69, 9.17) is 23.8 Å². The summed E-state index contributed by atoms with van der Waals surface area (Å²) in [5.74, 6) is 1.74. The van der Waals surface area contributed by atoms with Crippen molar-refractivity contribution >= 4 is 65.7 Å². The Balaban J connectivity index is 0.946. The molecule has 0 radical (unpaired) electrons. The van der Waals surface area contributed by atoms with Crippen molar-refractivity contribution in [1.29, 1.82) is 0 Å². The SMILES string of the molecule is c1ccc(-c2ccc3c(c2)c2cccc(-c4ccc5c(c4)oc4cc(-c6nc(-c7ccccc7)nc(-c7ccc8oc9ccccc9c8c7)n6)ccc45)c2n3-c2ccccc2)cc1. The lowest BCUT2D eigenvalue weighted by atomic mass is 9.99. The maximum Gasteiger partial charge on any atom is 0.164 e. The Labute approximate surface area is 361 Å². The quantitative estimate of drug-likeness (QED) is 0.167. The lowest BCUT2D eigenvalue weighted by Crippen LogP contribution is -2.00. The number of hydrogen-bond acceptors (Lipinski definition) is 5. The van der Waals surface area contributed by atoms with Crippen LogP contribution in [0.15, 0.2) is 215 Å². The minimum absolute atomic E-state index is 0.565. The third-order valence-corrected chi connectivity index (χ3v) is 12.3. The van der Waals surface area contributed by atoms with E-state index in [0.29, 0.717) is 17.5 Å². The molecule has 13 rings (SSSR count). The Kier molecular flexibility index (Phi) is 7.80. The standard InChI is InChI=1S/C57H34N4O2/c1-4-13-35(14-5-1)37-25-29-49-47(31-37)46-21-12-20-42(54(46)61(49)41-17-8-3-9-18-41)38-23-27-44-45-28-24-40(34-53(45)63-52(44)33-38)57-59-55(36-15-6-2-7-16-36)58-56(60-57)39-26-30-51-48(32-39)43-19-10-11-22-50(43)62-51/h1-34H. The van der Waals surface area contributed by atoms with Crippen molar-refractivity contribution in [2.45, 2.75) is 0 Å². The van der Waals surface area contributed by atoms with Crippen LogP contribution in [0.2, 0.25) is 0 Å². The van der Waals surface area contributed by atoms with Crippen LogP contribution < -0.4 is 0 Å². The van der Waals surface area contributed by atoms with Crippen molar-refractivity contribution in [2.75, 3.05) is 0 Å². The Morgan fingerprint density at radius 1 is 0.302 bits per heavy atom. The normalized spacial score (nSPS) is 11.8. The summed E-state index contributed by atoms with van der Waals surface area (Å²) in [6, 6.07) is 71.7. The van der Waals surface area contributed by atoms with E-state index >= 15 is 0 Å². The van der Waals surface area contributed by atoms with Crippen molar-refractivity contribution in [3.8, 4) is 62.1 Å². The third-order valence-electron chi connectivity index (χ3n) is 12.3. The monoisotopic (exact) mass is 806 g/mol. The average Bonchev–Trinajstić information content (AvgIpc) is 4.03. The zero-order valence-electron chi connectivity index (χ0n) is 33.7. The van der Waals surface area contributed by atoms with E-state index in [2.05, 4.69) is 144 Å². The molecule has 0 spiro atoms. The van der Waals surface area contributed by atoms with Gasteiger partial charge in [-0.2, -0.15) is 0 Å². The summed E-state index contributed by atoms with van der Waals surface area (Å²) in [6.45, 7) is 0. The second-order valence-corrected chi connectivity index (χ2v) is 16.0. The second kappa shape index (κ2) is 14.0. The molecular weight excluding hydrogens is 773 g/mol. The Morgan fingerprint density at radius 2 is 0.825 bits per heavy atom. The summed E-state index contributed by atoms with van der Waals surface area (Å²) >= 11 is 0. The van der Waals surface area contributed by atoms with Crippen molar-refractivity contribution in [3.63, 3.8) is 0 Å². The lowest BCUT2D eigenvalue weighted by Gasteiger charge is -2.12. The van der Waals surface area contributed by atoms with Crippen LogP contribution in [-0.4, -0.2) is 19.5 Å². The molecule has 0 fully saturated rings. The molecule has 63 heavy (non-hydrogen) atoms. The number of hydrogen-bond donors (Lipinski definition) is 0. The topological polar surface area (TPSA) is 69.9 Å². The first kappa shape index (κ1) is 35.2. The van der Waals surface area contributed by atoms with Crippen LogP contribution in [-0.2, 0) is 0 Å². The maximum absolute atomic E-state index is 6.75. The van der Waals surface area contributed by atoms with Gasteiger partial charge in [0.05, 0.1) is 11.0 Å². The summed E-state index contributed by atoms with van der Waals surface area (Å²) < 4.78 is 15.3. The van der Waals surface area contributed by atoms with Gasteiger partial charge >= 0.3 is 0 Å². The molecule has 0 atom stereocenters.